The van der Waals surface area contributed by atoms with Gasteiger partial charge in [-0.05, 0) is 58.9 Å². The van der Waals surface area contributed by atoms with Gasteiger partial charge in [0.15, 0.2) is 0 Å². The fourth-order valence-corrected chi connectivity index (χ4v) is 2.47. The van der Waals surface area contributed by atoms with Crippen LogP contribution in [0.15, 0.2) is 28.3 Å². The largest absolute Gasteiger partial charge is 0.330 e. The molecule has 0 radical (unpaired) electrons. The second-order valence-corrected chi connectivity index (χ2v) is 4.92. The lowest BCUT2D eigenvalue weighted by Gasteiger charge is -2.07. The molecule has 5 nitrogen and oxygen atoms in total. The Morgan fingerprint density at radius 2 is 2.29 bits per heavy atom. The molecule has 2 N–H and O–H groups in total. The van der Waals surface area contributed by atoms with Crippen molar-refractivity contribution in [2.45, 2.75) is 16.5 Å². The minimum absolute atomic E-state index is 0.588. The van der Waals surface area contributed by atoms with Gasteiger partial charge in [-0.15, -0.1) is 5.10 Å². The van der Waals surface area contributed by atoms with E-state index in [1.165, 1.54) is 11.8 Å². The third kappa shape index (κ3) is 2.96. The molecule has 0 spiro atoms. The first-order valence-electron chi connectivity index (χ1n) is 5.09. The molecule has 1 heterocycles. The van der Waals surface area contributed by atoms with Crippen molar-refractivity contribution in [3.63, 3.8) is 0 Å². The van der Waals surface area contributed by atoms with E-state index in [-0.39, 0.29) is 0 Å². The third-order valence-electron chi connectivity index (χ3n) is 2.22. The van der Waals surface area contributed by atoms with Crippen molar-refractivity contribution in [3.05, 3.63) is 28.8 Å². The fraction of sp³-hybridized carbons (Fsp3) is 0.300. The zero-order valence-electron chi connectivity index (χ0n) is 9.30. The van der Waals surface area contributed by atoms with Gasteiger partial charge < -0.3 is 5.73 Å². The summed E-state index contributed by atoms with van der Waals surface area (Å²) in [7, 11) is 1.81. The number of tetrazole rings is 1. The highest BCUT2D eigenvalue weighted by atomic mass is 35.5. The Kier molecular flexibility index (Phi) is 3.98. The topological polar surface area (TPSA) is 69.6 Å². The van der Waals surface area contributed by atoms with Crippen LogP contribution in [0.5, 0.6) is 0 Å². The first-order chi connectivity index (χ1) is 8.20. The minimum atomic E-state index is 0.588. The lowest BCUT2D eigenvalue weighted by Crippen LogP contribution is -2.04. The highest BCUT2D eigenvalue weighted by Crippen LogP contribution is 2.30. The molecule has 0 atom stereocenters. The summed E-state index contributed by atoms with van der Waals surface area (Å²) in [5, 5.41) is 12.8. The summed E-state index contributed by atoms with van der Waals surface area (Å²) in [4.78, 5) is 1.08. The van der Waals surface area contributed by atoms with Crippen LogP contribution in [0.1, 0.15) is 5.56 Å². The highest BCUT2D eigenvalue weighted by Gasteiger charge is 2.09. The Morgan fingerprint density at radius 1 is 1.47 bits per heavy atom. The van der Waals surface area contributed by atoms with Crippen LogP contribution in [0.3, 0.4) is 0 Å². The average molecular weight is 270 g/mol. The van der Waals surface area contributed by atoms with Gasteiger partial charge in [0.05, 0.1) is 0 Å². The summed E-state index contributed by atoms with van der Waals surface area (Å²) in [6, 6.07) is 5.75. The van der Waals surface area contributed by atoms with E-state index in [1.807, 2.05) is 18.2 Å². The van der Waals surface area contributed by atoms with Gasteiger partial charge in [0.2, 0.25) is 5.16 Å². The zero-order valence-corrected chi connectivity index (χ0v) is 10.9. The summed E-state index contributed by atoms with van der Waals surface area (Å²) >= 11 is 7.48. The SMILES string of the molecule is Cn1nnnc1Sc1ccc(Cl)cc1CCN. The summed E-state index contributed by atoms with van der Waals surface area (Å²) in [6.45, 7) is 0.588. The van der Waals surface area contributed by atoms with Crippen molar-refractivity contribution in [1.29, 1.82) is 0 Å². The molecule has 0 aliphatic carbocycles. The van der Waals surface area contributed by atoms with Crippen LogP contribution in [-0.4, -0.2) is 26.8 Å². The average Bonchev–Trinajstić information content (AvgIpc) is 2.69. The van der Waals surface area contributed by atoms with Crippen molar-refractivity contribution in [2.75, 3.05) is 6.54 Å². The molecule has 1 aromatic carbocycles. The van der Waals surface area contributed by atoms with Crippen LogP contribution >= 0.6 is 23.4 Å². The van der Waals surface area contributed by atoms with E-state index in [1.54, 1.807) is 11.7 Å². The number of aromatic nitrogens is 4. The monoisotopic (exact) mass is 269 g/mol. The number of hydrogen-bond donors (Lipinski definition) is 1. The van der Waals surface area contributed by atoms with Gasteiger partial charge in [-0.2, -0.15) is 0 Å². The van der Waals surface area contributed by atoms with E-state index >= 15 is 0 Å². The van der Waals surface area contributed by atoms with Crippen molar-refractivity contribution < 1.29 is 0 Å². The maximum Gasteiger partial charge on any atom is 0.213 e. The predicted octanol–water partition coefficient (Wildman–Crippen LogP) is 1.52. The number of aryl methyl sites for hydroxylation is 1. The van der Waals surface area contributed by atoms with E-state index in [0.717, 1.165) is 22.0 Å². The molecule has 2 aromatic rings. The molecule has 0 amide bonds. The maximum absolute atomic E-state index is 5.97. The first-order valence-corrected chi connectivity index (χ1v) is 6.29. The van der Waals surface area contributed by atoms with Crippen molar-refractivity contribution in [3.8, 4) is 0 Å². The smallest absolute Gasteiger partial charge is 0.213 e. The van der Waals surface area contributed by atoms with Gasteiger partial charge in [-0.25, -0.2) is 4.68 Å². The summed E-state index contributed by atoms with van der Waals surface area (Å²) in [5.74, 6) is 0. The number of benzene rings is 1. The summed E-state index contributed by atoms with van der Waals surface area (Å²) in [5.41, 5.74) is 6.70. The van der Waals surface area contributed by atoms with Crippen LogP contribution in [0, 0.1) is 0 Å². The zero-order chi connectivity index (χ0) is 12.3. The van der Waals surface area contributed by atoms with Gasteiger partial charge in [0.25, 0.3) is 0 Å². The van der Waals surface area contributed by atoms with Gasteiger partial charge >= 0.3 is 0 Å². The molecule has 17 heavy (non-hydrogen) atoms. The van der Waals surface area contributed by atoms with Gasteiger partial charge in [-0.3, -0.25) is 0 Å². The maximum atomic E-state index is 5.97. The van der Waals surface area contributed by atoms with Crippen molar-refractivity contribution in [2.24, 2.45) is 12.8 Å². The number of halogens is 1. The summed E-state index contributed by atoms with van der Waals surface area (Å²) < 4.78 is 1.63. The lowest BCUT2D eigenvalue weighted by atomic mass is 10.1. The number of nitrogens with two attached hydrogens (primary N) is 1. The number of nitrogens with zero attached hydrogens (tertiary/aromatic N) is 4. The molecule has 0 saturated carbocycles. The predicted molar refractivity (Wildman–Crippen MR) is 67.1 cm³/mol. The van der Waals surface area contributed by atoms with Crippen molar-refractivity contribution in [1.82, 2.24) is 20.2 Å². The minimum Gasteiger partial charge on any atom is -0.330 e. The molecule has 0 unspecified atom stereocenters. The van der Waals surface area contributed by atoms with E-state index in [9.17, 15) is 0 Å². The van der Waals surface area contributed by atoms with Crippen LogP contribution in [0.4, 0.5) is 0 Å². The molecule has 1 aromatic heterocycles. The molecule has 7 heteroatoms. The second-order valence-electron chi connectivity index (χ2n) is 3.48. The van der Waals surface area contributed by atoms with Crippen LogP contribution in [0.2, 0.25) is 5.02 Å². The molecule has 0 aliphatic heterocycles. The number of hydrogen-bond acceptors (Lipinski definition) is 5. The molecular weight excluding hydrogens is 258 g/mol. The molecule has 2 rings (SSSR count). The Labute approximate surface area is 108 Å². The Morgan fingerprint density at radius 3 is 2.94 bits per heavy atom. The van der Waals surface area contributed by atoms with Gasteiger partial charge in [0.1, 0.15) is 0 Å². The second kappa shape index (κ2) is 5.48. The quantitative estimate of drug-likeness (QED) is 0.911. The molecular formula is C10H12ClN5S. The third-order valence-corrected chi connectivity index (χ3v) is 3.60. The van der Waals surface area contributed by atoms with Crippen LogP contribution in [-0.2, 0) is 13.5 Å². The van der Waals surface area contributed by atoms with Gasteiger partial charge in [-0.1, -0.05) is 11.6 Å². The van der Waals surface area contributed by atoms with Crippen molar-refractivity contribution >= 4 is 23.4 Å². The Hall–Kier alpha value is -1.11. The first kappa shape index (κ1) is 12.3. The highest BCUT2D eigenvalue weighted by molar-refractivity contribution is 7.99. The Bertz CT molecular complexity index is 513. The molecule has 90 valence electrons. The number of rotatable bonds is 4. The van der Waals surface area contributed by atoms with E-state index < -0.39 is 0 Å². The Balaban J connectivity index is 2.29. The standard InChI is InChI=1S/C10H12ClN5S/c1-16-10(13-14-15-16)17-9-3-2-8(11)6-7(9)4-5-12/h2-3,6H,4-5,12H2,1H3. The van der Waals surface area contributed by atoms with Crippen LogP contribution < -0.4 is 5.73 Å². The fourth-order valence-electron chi connectivity index (χ4n) is 1.40. The van der Waals surface area contributed by atoms with Crippen LogP contribution in [0.25, 0.3) is 0 Å². The molecule has 0 saturated heterocycles. The molecule has 0 aliphatic rings. The van der Waals surface area contributed by atoms with E-state index in [4.69, 9.17) is 17.3 Å². The molecule has 0 fully saturated rings. The van der Waals surface area contributed by atoms with E-state index in [2.05, 4.69) is 15.5 Å². The summed E-state index contributed by atoms with van der Waals surface area (Å²) in [6.07, 6.45) is 0.786. The normalized spacial score (nSPS) is 10.8. The lowest BCUT2D eigenvalue weighted by molar-refractivity contribution is 0.664. The van der Waals surface area contributed by atoms with E-state index in [0.29, 0.717) is 11.6 Å². The van der Waals surface area contributed by atoms with Gasteiger partial charge in [0, 0.05) is 17.0 Å². The molecule has 0 bridgehead atoms.